The number of ketones is 1. The fraction of sp³-hybridized carbons (Fsp3) is 0.800. The van der Waals surface area contributed by atoms with Crippen molar-refractivity contribution < 1.29 is 19.4 Å². The van der Waals surface area contributed by atoms with E-state index in [0.717, 1.165) is 6.42 Å². The Morgan fingerprint density at radius 1 is 1.21 bits per heavy atom. The van der Waals surface area contributed by atoms with Gasteiger partial charge in [0.25, 0.3) is 0 Å². The van der Waals surface area contributed by atoms with Gasteiger partial charge in [-0.25, -0.2) is 4.79 Å². The van der Waals surface area contributed by atoms with E-state index in [9.17, 15) is 9.59 Å². The number of carbonyl (C=O) groups excluding carboxylic acids is 2. The standard InChI is InChI=1S/C10H18O4/c1-5-6-8(11)7-9(12)13-14-10(2,3)4/h5-7H2,1-4H3. The van der Waals surface area contributed by atoms with E-state index in [1.807, 2.05) is 6.92 Å². The summed E-state index contributed by atoms with van der Waals surface area (Å²) < 4.78 is 0. The molecule has 0 bridgehead atoms. The van der Waals surface area contributed by atoms with Gasteiger partial charge >= 0.3 is 5.97 Å². The Morgan fingerprint density at radius 3 is 2.21 bits per heavy atom. The third kappa shape index (κ3) is 7.73. The predicted molar refractivity (Wildman–Crippen MR) is 51.5 cm³/mol. The van der Waals surface area contributed by atoms with Crippen molar-refractivity contribution in [1.29, 1.82) is 0 Å². The van der Waals surface area contributed by atoms with Crippen LogP contribution in [0.5, 0.6) is 0 Å². The molecule has 0 fully saturated rings. The van der Waals surface area contributed by atoms with Crippen molar-refractivity contribution in [1.82, 2.24) is 0 Å². The molecule has 0 aromatic carbocycles. The lowest BCUT2D eigenvalue weighted by Crippen LogP contribution is -2.22. The molecule has 0 heterocycles. The molecule has 4 nitrogen and oxygen atoms in total. The molecule has 0 spiro atoms. The van der Waals surface area contributed by atoms with Crippen molar-refractivity contribution >= 4 is 11.8 Å². The molecule has 0 rings (SSSR count). The number of Topliss-reactive ketones (excluding diaryl/α,β-unsaturated/α-hetero) is 1. The normalized spacial score (nSPS) is 11.1. The van der Waals surface area contributed by atoms with Crippen LogP contribution >= 0.6 is 0 Å². The van der Waals surface area contributed by atoms with E-state index < -0.39 is 11.6 Å². The highest BCUT2D eigenvalue weighted by molar-refractivity contribution is 5.95. The third-order valence-electron chi connectivity index (χ3n) is 1.25. The fourth-order valence-electron chi connectivity index (χ4n) is 0.729. The molecule has 0 aromatic heterocycles. The summed E-state index contributed by atoms with van der Waals surface area (Å²) in [4.78, 5) is 31.3. The van der Waals surface area contributed by atoms with E-state index in [2.05, 4.69) is 4.89 Å². The molecular weight excluding hydrogens is 184 g/mol. The van der Waals surface area contributed by atoms with Crippen LogP contribution < -0.4 is 0 Å². The molecule has 0 aliphatic heterocycles. The first kappa shape index (κ1) is 13.1. The lowest BCUT2D eigenvalue weighted by Gasteiger charge is -2.16. The zero-order chi connectivity index (χ0) is 11.2. The zero-order valence-electron chi connectivity index (χ0n) is 9.25. The molecule has 0 aliphatic carbocycles. The van der Waals surface area contributed by atoms with Gasteiger partial charge in [0.2, 0.25) is 0 Å². The maximum atomic E-state index is 11.0. The zero-order valence-corrected chi connectivity index (χ0v) is 9.25. The van der Waals surface area contributed by atoms with E-state index in [1.165, 1.54) is 0 Å². The Labute approximate surface area is 84.5 Å². The SMILES string of the molecule is CCCC(=O)CC(=O)OOC(C)(C)C. The molecule has 0 aromatic rings. The van der Waals surface area contributed by atoms with Gasteiger partial charge in [-0.1, -0.05) is 6.92 Å². The first-order valence-electron chi connectivity index (χ1n) is 4.75. The molecule has 0 aliphatic rings. The average Bonchev–Trinajstić information content (AvgIpc) is 2.00. The van der Waals surface area contributed by atoms with Gasteiger partial charge in [0, 0.05) is 6.42 Å². The molecule has 0 N–H and O–H groups in total. The molecule has 0 radical (unpaired) electrons. The fourth-order valence-corrected chi connectivity index (χ4v) is 0.729. The van der Waals surface area contributed by atoms with E-state index in [-0.39, 0.29) is 12.2 Å². The van der Waals surface area contributed by atoms with Crippen molar-refractivity contribution in [2.75, 3.05) is 0 Å². The number of hydrogen-bond acceptors (Lipinski definition) is 4. The minimum atomic E-state index is -0.627. The third-order valence-corrected chi connectivity index (χ3v) is 1.25. The minimum Gasteiger partial charge on any atom is -0.299 e. The van der Waals surface area contributed by atoms with Crippen LogP contribution in [0.1, 0.15) is 47.0 Å². The summed E-state index contributed by atoms with van der Waals surface area (Å²) in [5, 5.41) is 0. The van der Waals surface area contributed by atoms with Crippen molar-refractivity contribution in [2.45, 2.75) is 52.6 Å². The molecule has 82 valence electrons. The Morgan fingerprint density at radius 2 is 1.79 bits per heavy atom. The maximum absolute atomic E-state index is 11.0. The first-order chi connectivity index (χ1) is 6.35. The Hall–Kier alpha value is -0.900. The number of carbonyl (C=O) groups is 2. The lowest BCUT2D eigenvalue weighted by atomic mass is 10.2. The predicted octanol–water partition coefficient (Wildman–Crippen LogP) is 2.02. The van der Waals surface area contributed by atoms with E-state index in [1.54, 1.807) is 20.8 Å². The van der Waals surface area contributed by atoms with Crippen LogP contribution in [-0.4, -0.2) is 17.4 Å². The van der Waals surface area contributed by atoms with Gasteiger partial charge in [0.15, 0.2) is 0 Å². The van der Waals surface area contributed by atoms with E-state index in [0.29, 0.717) is 6.42 Å². The molecule has 0 atom stereocenters. The van der Waals surface area contributed by atoms with Crippen LogP contribution in [0.4, 0.5) is 0 Å². The Balaban J connectivity index is 3.71. The van der Waals surface area contributed by atoms with Gasteiger partial charge < -0.3 is 0 Å². The summed E-state index contributed by atoms with van der Waals surface area (Å²) in [5.74, 6) is -0.742. The molecular formula is C10H18O4. The van der Waals surface area contributed by atoms with Gasteiger partial charge in [-0.05, 0) is 27.2 Å². The maximum Gasteiger partial charge on any atom is 0.349 e. The van der Waals surface area contributed by atoms with Crippen LogP contribution in [-0.2, 0) is 19.4 Å². The highest BCUT2D eigenvalue weighted by atomic mass is 17.2. The highest BCUT2D eigenvalue weighted by Crippen LogP contribution is 2.08. The summed E-state index contributed by atoms with van der Waals surface area (Å²) in [6.07, 6.45) is 0.945. The Kier molecular flexibility index (Phi) is 5.38. The van der Waals surface area contributed by atoms with E-state index >= 15 is 0 Å². The molecule has 14 heavy (non-hydrogen) atoms. The first-order valence-corrected chi connectivity index (χ1v) is 4.75. The summed E-state index contributed by atoms with van der Waals surface area (Å²) >= 11 is 0. The molecule has 0 saturated heterocycles. The van der Waals surface area contributed by atoms with Crippen molar-refractivity contribution in [3.05, 3.63) is 0 Å². The van der Waals surface area contributed by atoms with Gasteiger partial charge in [-0.3, -0.25) is 9.68 Å². The van der Waals surface area contributed by atoms with E-state index in [4.69, 9.17) is 4.89 Å². The van der Waals surface area contributed by atoms with Gasteiger partial charge in [-0.2, -0.15) is 4.89 Å². The summed E-state index contributed by atoms with van der Waals surface area (Å²) in [7, 11) is 0. The van der Waals surface area contributed by atoms with Crippen LogP contribution in [0.15, 0.2) is 0 Å². The smallest absolute Gasteiger partial charge is 0.299 e. The van der Waals surface area contributed by atoms with Crippen molar-refractivity contribution in [3.8, 4) is 0 Å². The van der Waals surface area contributed by atoms with Crippen LogP contribution in [0.2, 0.25) is 0 Å². The second kappa shape index (κ2) is 5.75. The van der Waals surface area contributed by atoms with Crippen molar-refractivity contribution in [2.24, 2.45) is 0 Å². The Bertz CT molecular complexity index is 203. The summed E-state index contributed by atoms with van der Waals surface area (Å²) in [6, 6.07) is 0. The van der Waals surface area contributed by atoms with Crippen LogP contribution in [0, 0.1) is 0 Å². The average molecular weight is 202 g/mol. The molecule has 4 heteroatoms. The summed E-state index contributed by atoms with van der Waals surface area (Å²) in [6.45, 7) is 7.16. The number of rotatable bonds is 5. The minimum absolute atomic E-state index is 0.116. The molecule has 0 saturated carbocycles. The van der Waals surface area contributed by atoms with Crippen LogP contribution in [0.25, 0.3) is 0 Å². The quantitative estimate of drug-likeness (QED) is 0.389. The number of hydrogen-bond donors (Lipinski definition) is 0. The molecule has 0 unspecified atom stereocenters. The topological polar surface area (TPSA) is 52.6 Å². The molecule has 0 amide bonds. The van der Waals surface area contributed by atoms with Gasteiger partial charge in [-0.15, -0.1) is 0 Å². The lowest BCUT2D eigenvalue weighted by molar-refractivity contribution is -0.319. The van der Waals surface area contributed by atoms with Gasteiger partial charge in [0.1, 0.15) is 17.8 Å². The largest absolute Gasteiger partial charge is 0.349 e. The summed E-state index contributed by atoms with van der Waals surface area (Å²) in [5.41, 5.74) is -0.538. The second-order valence-corrected chi connectivity index (χ2v) is 4.12. The van der Waals surface area contributed by atoms with Crippen molar-refractivity contribution in [3.63, 3.8) is 0 Å². The second-order valence-electron chi connectivity index (χ2n) is 4.12. The highest BCUT2D eigenvalue weighted by Gasteiger charge is 2.17. The van der Waals surface area contributed by atoms with Crippen LogP contribution in [0.3, 0.4) is 0 Å². The monoisotopic (exact) mass is 202 g/mol. The van der Waals surface area contributed by atoms with Gasteiger partial charge in [0.05, 0.1) is 0 Å².